The number of carbonyl (C=O) groups excluding carboxylic acids is 2. The van der Waals surface area contributed by atoms with Crippen LogP contribution < -0.4 is 5.32 Å². The van der Waals surface area contributed by atoms with Gasteiger partial charge in [0.05, 0.1) is 0 Å². The maximum absolute atomic E-state index is 12.5. The first kappa shape index (κ1) is 41.9. The van der Waals surface area contributed by atoms with Gasteiger partial charge >= 0.3 is 11.9 Å². The van der Waals surface area contributed by atoms with E-state index in [4.69, 9.17) is 9.84 Å². The summed E-state index contributed by atoms with van der Waals surface area (Å²) >= 11 is 0. The summed E-state index contributed by atoms with van der Waals surface area (Å²) < 4.78 is 5.90. The third-order valence-electron chi connectivity index (χ3n) is 8.13. The molecule has 44 heavy (non-hydrogen) atoms. The fraction of sp³-hybridized carbons (Fsp3) is 0.816. The summed E-state index contributed by atoms with van der Waals surface area (Å²) in [6.45, 7) is 4.13. The van der Waals surface area contributed by atoms with Gasteiger partial charge in [0, 0.05) is 12.8 Å². The Morgan fingerprint density at radius 2 is 1.05 bits per heavy atom. The Hall–Kier alpha value is -2.11. The summed E-state index contributed by atoms with van der Waals surface area (Å²) in [6, 6.07) is 0. The van der Waals surface area contributed by atoms with Crippen LogP contribution in [0.4, 0.5) is 0 Å². The van der Waals surface area contributed by atoms with Crippen molar-refractivity contribution in [2.45, 2.75) is 193 Å². The topological polar surface area (TPSA) is 92.7 Å². The summed E-state index contributed by atoms with van der Waals surface area (Å²) in [5, 5.41) is 11.0. The van der Waals surface area contributed by atoms with Crippen molar-refractivity contribution in [1.82, 2.24) is 5.32 Å². The first-order chi connectivity index (χ1) is 21.5. The molecular formula is C38H69NO5. The second-order valence-corrected chi connectivity index (χ2v) is 12.5. The Morgan fingerprint density at radius 3 is 1.61 bits per heavy atom. The average molecular weight is 620 g/mol. The Morgan fingerprint density at radius 1 is 0.591 bits per heavy atom. The number of hydrogen-bond acceptors (Lipinski definition) is 4. The van der Waals surface area contributed by atoms with Crippen molar-refractivity contribution in [3.63, 3.8) is 0 Å². The maximum Gasteiger partial charge on any atom is 0.322 e. The molecule has 0 bridgehead atoms. The lowest BCUT2D eigenvalue weighted by molar-refractivity contribution is -0.150. The monoisotopic (exact) mass is 620 g/mol. The molecule has 0 aliphatic rings. The molecule has 0 aromatic heterocycles. The molecule has 256 valence electrons. The van der Waals surface area contributed by atoms with E-state index in [1.165, 1.54) is 96.3 Å². The first-order valence-electron chi connectivity index (χ1n) is 18.5. The van der Waals surface area contributed by atoms with E-state index in [0.717, 1.165) is 64.2 Å². The molecule has 0 spiro atoms. The van der Waals surface area contributed by atoms with Crippen molar-refractivity contribution >= 4 is 17.8 Å². The number of carboxylic acids is 1. The molecule has 6 heteroatoms. The SMILES string of the molecule is CCCCC/C=C\C/C=C\CCCCCCCCCCCC(=O)OC(CCCCCC)CCCCCCC(=O)NCC(=O)O. The second kappa shape index (κ2) is 33.8. The van der Waals surface area contributed by atoms with Crippen molar-refractivity contribution in [1.29, 1.82) is 0 Å². The Bertz CT molecular complexity index is 733. The number of aliphatic carboxylic acids is 1. The number of unbranched alkanes of at least 4 members (excludes halogenated alkanes) is 18. The number of nitrogens with one attached hydrogen (secondary N) is 1. The van der Waals surface area contributed by atoms with E-state index in [2.05, 4.69) is 43.5 Å². The largest absolute Gasteiger partial charge is 0.480 e. The fourth-order valence-electron chi connectivity index (χ4n) is 5.37. The second-order valence-electron chi connectivity index (χ2n) is 12.5. The van der Waals surface area contributed by atoms with Crippen LogP contribution in [0.25, 0.3) is 0 Å². The molecule has 0 aliphatic heterocycles. The highest BCUT2D eigenvalue weighted by atomic mass is 16.5. The lowest BCUT2D eigenvalue weighted by Gasteiger charge is -2.18. The quantitative estimate of drug-likeness (QED) is 0.0433. The lowest BCUT2D eigenvalue weighted by Crippen LogP contribution is -2.28. The molecule has 0 radical (unpaired) electrons. The van der Waals surface area contributed by atoms with Gasteiger partial charge in [-0.25, -0.2) is 0 Å². The number of ether oxygens (including phenoxy) is 1. The van der Waals surface area contributed by atoms with Crippen LogP contribution in [0.3, 0.4) is 0 Å². The molecular weight excluding hydrogens is 550 g/mol. The minimum Gasteiger partial charge on any atom is -0.480 e. The molecule has 1 atom stereocenters. The number of carboxylic acid groups (broad SMARTS) is 1. The Balaban J connectivity index is 3.83. The first-order valence-corrected chi connectivity index (χ1v) is 18.5. The van der Waals surface area contributed by atoms with E-state index in [1.807, 2.05) is 0 Å². The smallest absolute Gasteiger partial charge is 0.322 e. The zero-order chi connectivity index (χ0) is 32.4. The molecule has 0 fully saturated rings. The molecule has 0 heterocycles. The summed E-state index contributed by atoms with van der Waals surface area (Å²) in [6.07, 6.45) is 38.9. The van der Waals surface area contributed by atoms with Gasteiger partial charge in [-0.15, -0.1) is 0 Å². The zero-order valence-corrected chi connectivity index (χ0v) is 28.8. The van der Waals surface area contributed by atoms with E-state index in [0.29, 0.717) is 12.8 Å². The van der Waals surface area contributed by atoms with Crippen LogP contribution in [0, 0.1) is 0 Å². The average Bonchev–Trinajstić information content (AvgIpc) is 3.00. The van der Waals surface area contributed by atoms with Gasteiger partial charge in [-0.2, -0.15) is 0 Å². The fourth-order valence-corrected chi connectivity index (χ4v) is 5.37. The number of amides is 1. The van der Waals surface area contributed by atoms with Crippen LogP contribution >= 0.6 is 0 Å². The Labute approximate surface area is 271 Å². The molecule has 0 saturated heterocycles. The van der Waals surface area contributed by atoms with E-state index in [-0.39, 0.29) is 24.5 Å². The third kappa shape index (κ3) is 32.8. The van der Waals surface area contributed by atoms with Gasteiger partial charge in [0.1, 0.15) is 12.6 Å². The summed E-state index contributed by atoms with van der Waals surface area (Å²) in [7, 11) is 0. The van der Waals surface area contributed by atoms with Crippen LogP contribution in [-0.2, 0) is 19.1 Å². The lowest BCUT2D eigenvalue weighted by atomic mass is 10.0. The van der Waals surface area contributed by atoms with Gasteiger partial charge < -0.3 is 15.2 Å². The highest BCUT2D eigenvalue weighted by molar-refractivity contribution is 5.80. The third-order valence-corrected chi connectivity index (χ3v) is 8.13. The molecule has 1 amide bonds. The van der Waals surface area contributed by atoms with Gasteiger partial charge in [0.2, 0.25) is 5.91 Å². The molecule has 6 nitrogen and oxygen atoms in total. The van der Waals surface area contributed by atoms with Crippen molar-refractivity contribution in [2.75, 3.05) is 6.54 Å². The molecule has 2 N–H and O–H groups in total. The van der Waals surface area contributed by atoms with Gasteiger partial charge in [-0.1, -0.05) is 128 Å². The van der Waals surface area contributed by atoms with Crippen molar-refractivity contribution in [3.05, 3.63) is 24.3 Å². The van der Waals surface area contributed by atoms with Crippen molar-refractivity contribution < 1.29 is 24.2 Å². The van der Waals surface area contributed by atoms with Crippen LogP contribution in [0.1, 0.15) is 187 Å². The Kier molecular flexibility index (Phi) is 32.2. The highest BCUT2D eigenvalue weighted by Gasteiger charge is 2.14. The minimum absolute atomic E-state index is 0.00543. The summed E-state index contributed by atoms with van der Waals surface area (Å²) in [5.74, 6) is -1.27. The van der Waals surface area contributed by atoms with Crippen molar-refractivity contribution in [3.8, 4) is 0 Å². The number of allylic oxidation sites excluding steroid dienone is 4. The van der Waals surface area contributed by atoms with E-state index < -0.39 is 5.97 Å². The highest BCUT2D eigenvalue weighted by Crippen LogP contribution is 2.18. The van der Waals surface area contributed by atoms with E-state index in [9.17, 15) is 14.4 Å². The summed E-state index contributed by atoms with van der Waals surface area (Å²) in [5.41, 5.74) is 0. The van der Waals surface area contributed by atoms with E-state index in [1.54, 1.807) is 0 Å². The molecule has 1 unspecified atom stereocenters. The predicted molar refractivity (Wildman–Crippen MR) is 185 cm³/mol. The van der Waals surface area contributed by atoms with Gasteiger partial charge in [0.25, 0.3) is 0 Å². The number of hydrogen-bond donors (Lipinski definition) is 2. The molecule has 0 rings (SSSR count). The minimum atomic E-state index is -1.02. The van der Waals surface area contributed by atoms with Crippen LogP contribution in [0.2, 0.25) is 0 Å². The van der Waals surface area contributed by atoms with Gasteiger partial charge in [-0.3, -0.25) is 14.4 Å². The molecule has 0 aromatic carbocycles. The normalized spacial score (nSPS) is 12.2. The van der Waals surface area contributed by atoms with E-state index >= 15 is 0 Å². The zero-order valence-electron chi connectivity index (χ0n) is 28.8. The predicted octanol–water partition coefficient (Wildman–Crippen LogP) is 10.8. The molecule has 0 saturated carbocycles. The maximum atomic E-state index is 12.5. The van der Waals surface area contributed by atoms with Crippen LogP contribution in [-0.4, -0.2) is 35.6 Å². The van der Waals surface area contributed by atoms with Gasteiger partial charge in [0.15, 0.2) is 0 Å². The number of esters is 1. The summed E-state index contributed by atoms with van der Waals surface area (Å²) in [4.78, 5) is 34.7. The van der Waals surface area contributed by atoms with Crippen LogP contribution in [0.15, 0.2) is 24.3 Å². The number of rotatable bonds is 33. The van der Waals surface area contributed by atoms with Crippen molar-refractivity contribution in [2.24, 2.45) is 0 Å². The standard InChI is InChI=1S/C38H69NO5/c1-3-5-7-9-10-11-12-13-14-15-16-17-18-19-20-21-22-23-29-33-38(43)44-35(30-26-8-6-4-2)31-27-24-25-28-32-36(40)39-34-37(41)42/h10-11,13-14,35H,3-9,12,15-34H2,1-2H3,(H,39,40)(H,41,42)/b11-10-,14-13-. The molecule has 0 aromatic rings. The number of carbonyl (C=O) groups is 3. The molecule has 0 aliphatic carbocycles. The van der Waals surface area contributed by atoms with Gasteiger partial charge in [-0.05, 0) is 70.6 Å². The van der Waals surface area contributed by atoms with Crippen LogP contribution in [0.5, 0.6) is 0 Å².